The summed E-state index contributed by atoms with van der Waals surface area (Å²) in [6, 6.07) is 0. The highest BCUT2D eigenvalue weighted by Crippen LogP contribution is 2.33. The Kier molecular flexibility index (Phi) is 8.57. The molecule has 4 heterocycles. The molecule has 8 nitrogen and oxygen atoms in total. The van der Waals surface area contributed by atoms with Gasteiger partial charge >= 0.3 is 0 Å². The number of anilines is 2. The lowest BCUT2D eigenvalue weighted by Gasteiger charge is -2.19. The first-order valence-corrected chi connectivity index (χ1v) is 15.8. The number of rotatable bonds is 6. The van der Waals surface area contributed by atoms with Gasteiger partial charge < -0.3 is 20.6 Å². The van der Waals surface area contributed by atoms with Crippen molar-refractivity contribution in [3.05, 3.63) is 34.2 Å². The fourth-order valence-electron chi connectivity index (χ4n) is 6.64. The van der Waals surface area contributed by atoms with Gasteiger partial charge in [0.05, 0.1) is 11.0 Å². The Hall–Kier alpha value is -3.16. The van der Waals surface area contributed by atoms with E-state index in [2.05, 4.69) is 72.6 Å². The Balaban J connectivity index is 0.000000166. The van der Waals surface area contributed by atoms with E-state index in [0.29, 0.717) is 29.4 Å². The highest BCUT2D eigenvalue weighted by Gasteiger charge is 2.24. The lowest BCUT2D eigenvalue weighted by Crippen LogP contribution is -2.14. The average Bonchev–Trinajstić information content (AvgIpc) is 3.42. The maximum Gasteiger partial charge on any atom is 0.151 e. The summed E-state index contributed by atoms with van der Waals surface area (Å²) in [6.07, 6.45) is 10.3. The molecule has 0 saturated heterocycles. The minimum atomic E-state index is 0.590. The van der Waals surface area contributed by atoms with Crippen molar-refractivity contribution in [2.24, 2.45) is 17.8 Å². The van der Waals surface area contributed by atoms with E-state index in [1.807, 2.05) is 0 Å². The molecule has 0 bridgehead atoms. The van der Waals surface area contributed by atoms with Crippen LogP contribution < -0.4 is 11.5 Å². The maximum atomic E-state index is 6.24. The SMILES string of the molecule is CC(C)Cc1nc2c(N)nc3c(c2n1CC(C)C)CCCC3.Cc1nc2c(N)nc3c(c2n1CC(C)C)CCCC3. The van der Waals surface area contributed by atoms with Crippen LogP contribution in [0.5, 0.6) is 0 Å². The van der Waals surface area contributed by atoms with Crippen molar-refractivity contribution in [1.82, 2.24) is 29.1 Å². The number of nitrogens with zero attached hydrogens (tertiary/aromatic N) is 6. The molecule has 0 atom stereocenters. The molecule has 0 fully saturated rings. The molecule has 41 heavy (non-hydrogen) atoms. The van der Waals surface area contributed by atoms with E-state index in [1.54, 1.807) is 0 Å². The summed E-state index contributed by atoms with van der Waals surface area (Å²) in [7, 11) is 0. The molecular formula is C33H50N8. The summed E-state index contributed by atoms with van der Waals surface area (Å²) in [5.74, 6) is 5.22. The topological polar surface area (TPSA) is 113 Å². The maximum absolute atomic E-state index is 6.24. The molecule has 8 heteroatoms. The molecule has 2 aliphatic carbocycles. The fraction of sp³-hybridized carbons (Fsp3) is 0.636. The van der Waals surface area contributed by atoms with Crippen molar-refractivity contribution in [3.8, 4) is 0 Å². The molecule has 0 amide bonds. The predicted molar refractivity (Wildman–Crippen MR) is 170 cm³/mol. The summed E-state index contributed by atoms with van der Waals surface area (Å²) in [5, 5.41) is 0. The van der Waals surface area contributed by atoms with Gasteiger partial charge in [0, 0.05) is 30.9 Å². The van der Waals surface area contributed by atoms with Gasteiger partial charge in [-0.15, -0.1) is 0 Å². The van der Waals surface area contributed by atoms with Crippen LogP contribution in [0.4, 0.5) is 11.6 Å². The van der Waals surface area contributed by atoms with Gasteiger partial charge in [-0.3, -0.25) is 0 Å². The Morgan fingerprint density at radius 1 is 0.610 bits per heavy atom. The lowest BCUT2D eigenvalue weighted by atomic mass is 9.94. The molecule has 222 valence electrons. The van der Waals surface area contributed by atoms with Gasteiger partial charge in [0.15, 0.2) is 11.6 Å². The van der Waals surface area contributed by atoms with Crippen molar-refractivity contribution >= 4 is 33.7 Å². The van der Waals surface area contributed by atoms with Crippen LogP contribution in [0, 0.1) is 24.7 Å². The number of imidazole rings is 2. The number of fused-ring (bicyclic) bond motifs is 6. The Morgan fingerprint density at radius 3 is 1.59 bits per heavy atom. The van der Waals surface area contributed by atoms with Gasteiger partial charge in [-0.1, -0.05) is 41.5 Å². The van der Waals surface area contributed by atoms with Crippen LogP contribution in [0.25, 0.3) is 22.1 Å². The zero-order valence-corrected chi connectivity index (χ0v) is 26.3. The van der Waals surface area contributed by atoms with E-state index in [4.69, 9.17) is 16.5 Å². The highest BCUT2D eigenvalue weighted by molar-refractivity contribution is 5.90. The second-order valence-electron chi connectivity index (χ2n) is 13.4. The van der Waals surface area contributed by atoms with Gasteiger partial charge in [0.25, 0.3) is 0 Å². The van der Waals surface area contributed by atoms with E-state index in [1.165, 1.54) is 65.1 Å². The third kappa shape index (κ3) is 5.93. The molecule has 6 rings (SSSR count). The number of nitrogens with two attached hydrogens (primary N) is 2. The summed E-state index contributed by atoms with van der Waals surface area (Å²) in [5.41, 5.74) is 21.9. The van der Waals surface area contributed by atoms with Gasteiger partial charge in [-0.25, -0.2) is 19.9 Å². The second-order valence-corrected chi connectivity index (χ2v) is 13.4. The average molecular weight is 559 g/mol. The molecule has 0 saturated carbocycles. The first-order chi connectivity index (χ1) is 19.5. The number of aromatic nitrogens is 6. The zero-order valence-electron chi connectivity index (χ0n) is 26.3. The number of hydrogen-bond acceptors (Lipinski definition) is 6. The van der Waals surface area contributed by atoms with Crippen molar-refractivity contribution in [2.45, 2.75) is 119 Å². The molecule has 0 aromatic carbocycles. The largest absolute Gasteiger partial charge is 0.382 e. The smallest absolute Gasteiger partial charge is 0.151 e. The summed E-state index contributed by atoms with van der Waals surface area (Å²) < 4.78 is 4.77. The standard InChI is InChI=1S/C18H28N4.C15H22N4/c1-11(2)9-15-21-16-17(22(15)10-12(3)4)13-7-5-6-8-14(13)20-18(16)19;1-9(2)8-19-10(3)17-13-14(19)11-6-4-5-7-12(11)18-15(13)16/h11-12H,5-10H2,1-4H3,(H2,19,20);9H,4-8H2,1-3H3,(H2,16,18). The Bertz CT molecular complexity index is 1540. The van der Waals surface area contributed by atoms with Crippen molar-refractivity contribution in [3.63, 3.8) is 0 Å². The minimum absolute atomic E-state index is 0.590. The molecule has 0 spiro atoms. The number of nitrogen functional groups attached to an aromatic ring is 2. The summed E-state index contributed by atoms with van der Waals surface area (Å²) in [4.78, 5) is 18.8. The fourth-order valence-corrected chi connectivity index (χ4v) is 6.64. The van der Waals surface area contributed by atoms with Crippen molar-refractivity contribution in [1.29, 1.82) is 0 Å². The van der Waals surface area contributed by atoms with Crippen LogP contribution >= 0.6 is 0 Å². The quantitative estimate of drug-likeness (QED) is 0.275. The number of aryl methyl sites for hydroxylation is 5. The molecule has 0 aliphatic heterocycles. The summed E-state index contributed by atoms with van der Waals surface area (Å²) in [6.45, 7) is 17.6. The second kappa shape index (κ2) is 12.0. The molecule has 2 aliphatic rings. The number of hydrogen-bond donors (Lipinski definition) is 2. The lowest BCUT2D eigenvalue weighted by molar-refractivity contribution is 0.498. The van der Waals surface area contributed by atoms with Crippen LogP contribution in [0.2, 0.25) is 0 Å². The first kappa shape index (κ1) is 29.3. The van der Waals surface area contributed by atoms with Gasteiger partial charge in [-0.2, -0.15) is 0 Å². The summed E-state index contributed by atoms with van der Waals surface area (Å²) >= 11 is 0. The Labute approximate surface area is 245 Å². The third-order valence-corrected chi connectivity index (χ3v) is 8.34. The molecule has 4 aromatic rings. The zero-order chi connectivity index (χ0) is 29.4. The monoisotopic (exact) mass is 558 g/mol. The third-order valence-electron chi connectivity index (χ3n) is 8.34. The van der Waals surface area contributed by atoms with E-state index in [9.17, 15) is 0 Å². The molecular weight excluding hydrogens is 508 g/mol. The Morgan fingerprint density at radius 2 is 1.07 bits per heavy atom. The molecule has 4 aromatic heterocycles. The van der Waals surface area contributed by atoms with E-state index < -0.39 is 0 Å². The van der Waals surface area contributed by atoms with E-state index in [-0.39, 0.29) is 0 Å². The van der Waals surface area contributed by atoms with Gasteiger partial charge in [0.1, 0.15) is 22.7 Å². The minimum Gasteiger partial charge on any atom is -0.382 e. The predicted octanol–water partition coefficient (Wildman–Crippen LogP) is 6.60. The van der Waals surface area contributed by atoms with Crippen LogP contribution in [-0.4, -0.2) is 29.1 Å². The van der Waals surface area contributed by atoms with Crippen LogP contribution in [0.3, 0.4) is 0 Å². The number of pyridine rings is 2. The van der Waals surface area contributed by atoms with Crippen molar-refractivity contribution < 1.29 is 0 Å². The van der Waals surface area contributed by atoms with Gasteiger partial charge in [-0.05, 0) is 87.2 Å². The molecule has 0 radical (unpaired) electrons. The normalized spacial score (nSPS) is 15.1. The van der Waals surface area contributed by atoms with Crippen molar-refractivity contribution in [2.75, 3.05) is 11.5 Å². The molecule has 4 N–H and O–H groups in total. The van der Waals surface area contributed by atoms with Crippen LogP contribution in [0.1, 0.15) is 101 Å². The first-order valence-electron chi connectivity index (χ1n) is 15.8. The van der Waals surface area contributed by atoms with E-state index in [0.717, 1.165) is 62.1 Å². The molecule has 0 unspecified atom stereocenters. The van der Waals surface area contributed by atoms with Crippen LogP contribution in [0.15, 0.2) is 0 Å². The highest BCUT2D eigenvalue weighted by atomic mass is 15.1. The van der Waals surface area contributed by atoms with Gasteiger partial charge in [0.2, 0.25) is 0 Å². The van der Waals surface area contributed by atoms with Crippen LogP contribution in [-0.2, 0) is 45.2 Å². The van der Waals surface area contributed by atoms with E-state index >= 15 is 0 Å².